The van der Waals surface area contributed by atoms with Crippen molar-refractivity contribution in [3.8, 4) is 11.5 Å². The number of methoxy groups -OCH3 is 2. The molecule has 0 spiro atoms. The van der Waals surface area contributed by atoms with Crippen molar-refractivity contribution in [2.45, 2.75) is 37.5 Å². The molecule has 0 radical (unpaired) electrons. The largest absolute Gasteiger partial charge is 0.493 e. The molecule has 3 heterocycles. The normalized spacial score (nSPS) is 24.8. The zero-order chi connectivity index (χ0) is 19.0. The third-order valence-electron chi connectivity index (χ3n) is 6.05. The van der Waals surface area contributed by atoms with Crippen molar-refractivity contribution in [3.63, 3.8) is 0 Å². The molecule has 2 aliphatic rings. The van der Waals surface area contributed by atoms with Crippen molar-refractivity contribution in [3.05, 3.63) is 52.8 Å². The molecule has 4 rings (SSSR count). The monoisotopic (exact) mass is 369 g/mol. The van der Waals surface area contributed by atoms with E-state index >= 15 is 0 Å². The maximum Gasteiger partial charge on any atom is 0.161 e. The van der Waals surface area contributed by atoms with E-state index in [9.17, 15) is 5.11 Å². The van der Waals surface area contributed by atoms with E-state index in [0.29, 0.717) is 5.92 Å². The Morgan fingerprint density at radius 2 is 2.04 bits per heavy atom. The van der Waals surface area contributed by atoms with Gasteiger partial charge in [-0.3, -0.25) is 9.88 Å². The zero-order valence-corrected chi connectivity index (χ0v) is 15.9. The maximum absolute atomic E-state index is 9.41. The highest BCUT2D eigenvalue weighted by atomic mass is 16.5. The van der Waals surface area contributed by atoms with Gasteiger partial charge in [-0.2, -0.15) is 0 Å². The Kier molecular flexibility index (Phi) is 4.80. The summed E-state index contributed by atoms with van der Waals surface area (Å²) in [5.41, 5.74) is 10.8. The first-order valence-electron chi connectivity index (χ1n) is 9.44. The van der Waals surface area contributed by atoms with E-state index in [2.05, 4.69) is 16.0 Å². The topological polar surface area (TPSA) is 80.8 Å². The van der Waals surface area contributed by atoms with E-state index in [0.717, 1.165) is 60.7 Å². The summed E-state index contributed by atoms with van der Waals surface area (Å²) < 4.78 is 11.0. The summed E-state index contributed by atoms with van der Waals surface area (Å²) >= 11 is 0. The van der Waals surface area contributed by atoms with Crippen LogP contribution in [-0.2, 0) is 18.7 Å². The molecule has 1 aromatic carbocycles. The molecule has 2 aliphatic heterocycles. The van der Waals surface area contributed by atoms with Gasteiger partial charge in [0.05, 0.1) is 26.5 Å². The minimum Gasteiger partial charge on any atom is -0.493 e. The molecule has 27 heavy (non-hydrogen) atoms. The number of benzene rings is 1. The average molecular weight is 369 g/mol. The predicted molar refractivity (Wildman–Crippen MR) is 103 cm³/mol. The second kappa shape index (κ2) is 7.11. The smallest absolute Gasteiger partial charge is 0.161 e. The number of nitrogens with zero attached hydrogens (tertiary/aromatic N) is 2. The molecule has 0 saturated carbocycles. The molecule has 0 bridgehead atoms. The molecule has 0 aliphatic carbocycles. The Bertz CT molecular complexity index is 841. The molecular weight excluding hydrogens is 342 g/mol. The first-order valence-corrected chi connectivity index (χ1v) is 9.44. The van der Waals surface area contributed by atoms with Gasteiger partial charge in [0.15, 0.2) is 11.5 Å². The average Bonchev–Trinajstić information content (AvgIpc) is 2.72. The van der Waals surface area contributed by atoms with Crippen LogP contribution in [0.5, 0.6) is 11.5 Å². The number of ether oxygens (including phenoxy) is 2. The number of piperidine rings is 1. The van der Waals surface area contributed by atoms with Gasteiger partial charge in [-0.1, -0.05) is 0 Å². The summed E-state index contributed by atoms with van der Waals surface area (Å²) in [5.74, 6) is 1.81. The summed E-state index contributed by atoms with van der Waals surface area (Å²) in [6.07, 6.45) is 4.53. The van der Waals surface area contributed by atoms with Crippen molar-refractivity contribution >= 4 is 0 Å². The highest BCUT2D eigenvalue weighted by Crippen LogP contribution is 2.45. The number of aromatic nitrogens is 1. The SMILES string of the molecule is COc1cc2c(cc1OC)C1(N)CCC(c3cc(CO)ccn3)CN1CC2. The van der Waals surface area contributed by atoms with E-state index in [-0.39, 0.29) is 6.61 Å². The summed E-state index contributed by atoms with van der Waals surface area (Å²) in [6.45, 7) is 1.82. The Balaban J connectivity index is 1.64. The van der Waals surface area contributed by atoms with Crippen LogP contribution in [0.15, 0.2) is 30.5 Å². The number of aliphatic hydroxyl groups excluding tert-OH is 1. The second-order valence-electron chi connectivity index (χ2n) is 7.47. The summed E-state index contributed by atoms with van der Waals surface area (Å²) in [4.78, 5) is 6.93. The third kappa shape index (κ3) is 3.08. The van der Waals surface area contributed by atoms with Crippen molar-refractivity contribution < 1.29 is 14.6 Å². The van der Waals surface area contributed by atoms with Crippen LogP contribution in [0.3, 0.4) is 0 Å². The van der Waals surface area contributed by atoms with E-state index < -0.39 is 5.66 Å². The van der Waals surface area contributed by atoms with Gasteiger partial charge < -0.3 is 20.3 Å². The van der Waals surface area contributed by atoms with Crippen molar-refractivity contribution in [1.82, 2.24) is 9.88 Å². The molecule has 6 heteroatoms. The molecule has 0 amide bonds. The predicted octanol–water partition coefficient (Wildman–Crippen LogP) is 2.14. The van der Waals surface area contributed by atoms with Gasteiger partial charge in [0.1, 0.15) is 0 Å². The van der Waals surface area contributed by atoms with Crippen LogP contribution < -0.4 is 15.2 Å². The summed E-state index contributed by atoms with van der Waals surface area (Å²) in [7, 11) is 3.32. The fourth-order valence-electron chi connectivity index (χ4n) is 4.51. The van der Waals surface area contributed by atoms with Gasteiger partial charge in [-0.15, -0.1) is 0 Å². The standard InChI is InChI=1S/C21H27N3O3/c1-26-19-10-15-5-8-24-12-16(18-9-14(13-25)4-7-23-18)3-6-21(24,22)17(15)11-20(19)27-2/h4,7,9-11,16,25H,3,5-6,8,12-13,22H2,1-2H3. The van der Waals surface area contributed by atoms with E-state index in [1.54, 1.807) is 20.4 Å². The van der Waals surface area contributed by atoms with E-state index in [1.165, 1.54) is 5.56 Å². The van der Waals surface area contributed by atoms with Gasteiger partial charge in [0.25, 0.3) is 0 Å². The summed E-state index contributed by atoms with van der Waals surface area (Å²) in [5, 5.41) is 9.41. The van der Waals surface area contributed by atoms with Gasteiger partial charge in [0.2, 0.25) is 0 Å². The Labute approximate surface area is 159 Å². The highest BCUT2D eigenvalue weighted by Gasteiger charge is 2.44. The number of hydrogen-bond acceptors (Lipinski definition) is 6. The van der Waals surface area contributed by atoms with Crippen molar-refractivity contribution in [2.75, 3.05) is 27.3 Å². The molecule has 144 valence electrons. The fourth-order valence-corrected chi connectivity index (χ4v) is 4.51. The molecule has 2 unspecified atom stereocenters. The lowest BCUT2D eigenvalue weighted by atomic mass is 9.78. The number of pyridine rings is 1. The van der Waals surface area contributed by atoms with Crippen molar-refractivity contribution in [1.29, 1.82) is 0 Å². The first kappa shape index (κ1) is 18.2. The number of rotatable bonds is 4. The van der Waals surface area contributed by atoms with Gasteiger partial charge in [-0.05, 0) is 60.2 Å². The molecule has 1 saturated heterocycles. The van der Waals surface area contributed by atoms with Gasteiger partial charge in [-0.25, -0.2) is 0 Å². The number of nitrogens with two attached hydrogens (primary N) is 1. The molecule has 2 atom stereocenters. The van der Waals surface area contributed by atoms with Crippen LogP contribution in [0.2, 0.25) is 0 Å². The van der Waals surface area contributed by atoms with Crippen LogP contribution in [0, 0.1) is 0 Å². The van der Waals surface area contributed by atoms with Crippen molar-refractivity contribution in [2.24, 2.45) is 5.73 Å². The Morgan fingerprint density at radius 1 is 1.26 bits per heavy atom. The van der Waals surface area contributed by atoms with Crippen LogP contribution in [0.25, 0.3) is 0 Å². The Morgan fingerprint density at radius 3 is 2.78 bits per heavy atom. The molecule has 6 nitrogen and oxygen atoms in total. The maximum atomic E-state index is 9.41. The van der Waals surface area contributed by atoms with Gasteiger partial charge in [0, 0.05) is 30.9 Å². The Hall–Kier alpha value is -2.15. The molecule has 3 N–H and O–H groups in total. The molecule has 1 fully saturated rings. The minimum absolute atomic E-state index is 0.0434. The summed E-state index contributed by atoms with van der Waals surface area (Å²) in [6, 6.07) is 7.99. The lowest BCUT2D eigenvalue weighted by molar-refractivity contribution is 0.0269. The quantitative estimate of drug-likeness (QED) is 0.859. The fraction of sp³-hybridized carbons (Fsp3) is 0.476. The third-order valence-corrected chi connectivity index (χ3v) is 6.05. The van der Waals surface area contributed by atoms with Crippen LogP contribution in [-0.4, -0.2) is 42.3 Å². The lowest BCUT2D eigenvalue weighted by Crippen LogP contribution is -2.60. The van der Waals surface area contributed by atoms with Crippen LogP contribution in [0.1, 0.15) is 41.1 Å². The first-order chi connectivity index (χ1) is 13.1. The number of fused-ring (bicyclic) bond motifs is 3. The highest BCUT2D eigenvalue weighted by molar-refractivity contribution is 5.51. The minimum atomic E-state index is -0.488. The molecule has 2 aromatic rings. The molecule has 1 aromatic heterocycles. The van der Waals surface area contributed by atoms with Crippen LogP contribution >= 0.6 is 0 Å². The second-order valence-corrected chi connectivity index (χ2v) is 7.47. The molecular formula is C21H27N3O3. The van der Waals surface area contributed by atoms with Gasteiger partial charge >= 0.3 is 0 Å². The van der Waals surface area contributed by atoms with E-state index in [1.807, 2.05) is 18.2 Å². The zero-order valence-electron chi connectivity index (χ0n) is 15.9. The van der Waals surface area contributed by atoms with Crippen LogP contribution in [0.4, 0.5) is 0 Å². The number of hydrogen-bond donors (Lipinski definition) is 2. The lowest BCUT2D eigenvalue weighted by Gasteiger charge is -2.51. The number of aliphatic hydroxyl groups is 1. The van der Waals surface area contributed by atoms with E-state index in [4.69, 9.17) is 15.2 Å².